The topological polar surface area (TPSA) is 139 Å². The largest absolute Gasteiger partial charge is 0.384 e. The van der Waals surface area contributed by atoms with Gasteiger partial charge >= 0.3 is 0 Å². The molecule has 0 saturated carbocycles. The minimum atomic E-state index is -1.09. The maximum Gasteiger partial charge on any atom is 0.252 e. The van der Waals surface area contributed by atoms with Crippen LogP contribution >= 0.6 is 11.3 Å². The Morgan fingerprint density at radius 2 is 1.94 bits per heavy atom. The van der Waals surface area contributed by atoms with E-state index in [0.717, 1.165) is 45.1 Å². The highest BCUT2D eigenvalue weighted by Crippen LogP contribution is 2.42. The van der Waals surface area contributed by atoms with Crippen LogP contribution in [0.25, 0.3) is 32.0 Å². The van der Waals surface area contributed by atoms with Crippen molar-refractivity contribution in [1.82, 2.24) is 19.9 Å². The van der Waals surface area contributed by atoms with Crippen LogP contribution < -0.4 is 16.0 Å². The van der Waals surface area contributed by atoms with Gasteiger partial charge in [-0.05, 0) is 37.1 Å². The molecule has 4 aromatic rings. The molecule has 4 heterocycles. The number of amides is 1. The first-order valence-corrected chi connectivity index (χ1v) is 12.0. The van der Waals surface area contributed by atoms with Crippen LogP contribution in [0.3, 0.4) is 0 Å². The van der Waals surface area contributed by atoms with Crippen molar-refractivity contribution in [3.8, 4) is 21.8 Å². The van der Waals surface area contributed by atoms with Gasteiger partial charge in [0.25, 0.3) is 5.91 Å². The van der Waals surface area contributed by atoms with Crippen LogP contribution in [0.4, 0.5) is 17.5 Å². The van der Waals surface area contributed by atoms with Crippen LogP contribution in [-0.4, -0.2) is 63.4 Å². The third-order valence-corrected chi connectivity index (χ3v) is 7.09. The first kappa shape index (κ1) is 23.1. The van der Waals surface area contributed by atoms with Gasteiger partial charge in [-0.3, -0.25) is 4.79 Å². The summed E-state index contributed by atoms with van der Waals surface area (Å²) >= 11 is 1.62. The smallest absolute Gasteiger partial charge is 0.252 e. The third-order valence-electron chi connectivity index (χ3n) is 5.76. The Morgan fingerprint density at radius 3 is 2.66 bits per heavy atom. The molecule has 1 aromatic carbocycles. The molecule has 4 N–H and O–H groups in total. The van der Waals surface area contributed by atoms with E-state index >= 15 is 0 Å². The first-order valence-electron chi connectivity index (χ1n) is 11.2. The van der Waals surface area contributed by atoms with E-state index in [1.165, 1.54) is 6.92 Å². The summed E-state index contributed by atoms with van der Waals surface area (Å²) in [7, 11) is 0. The number of carbonyl (C=O) groups is 1. The number of aromatic nitrogens is 4. The minimum Gasteiger partial charge on any atom is -0.384 e. The Hall–Kier alpha value is -3.67. The standard InChI is InChI=1S/C24H25N7O3S/c1-13-18-20(35-19(13)15-4-3-5-17(10-15)28-23(33)14(2)32)22(31-6-8-34-9-7-31)30-21(29-18)16-11-26-24(25)27-12-16/h3-5,10-12,14,32H,6-9H2,1-2H3,(H,28,33)(H2,25,26,27)/t14-/m0/s1. The van der Waals surface area contributed by atoms with E-state index in [1.807, 2.05) is 25.1 Å². The van der Waals surface area contributed by atoms with Crippen LogP contribution in [-0.2, 0) is 9.53 Å². The minimum absolute atomic E-state index is 0.194. The number of nitrogen functional groups attached to an aromatic ring is 1. The summed E-state index contributed by atoms with van der Waals surface area (Å²) in [5.41, 5.74) is 9.78. The highest BCUT2D eigenvalue weighted by atomic mass is 32.1. The second-order valence-corrected chi connectivity index (χ2v) is 9.30. The summed E-state index contributed by atoms with van der Waals surface area (Å²) in [4.78, 5) is 33.2. The van der Waals surface area contributed by atoms with Gasteiger partial charge in [0, 0.05) is 36.0 Å². The molecule has 1 amide bonds. The third kappa shape index (κ3) is 4.65. The molecule has 3 aromatic heterocycles. The van der Waals surface area contributed by atoms with E-state index in [0.29, 0.717) is 30.3 Å². The Labute approximate surface area is 205 Å². The molecule has 1 saturated heterocycles. The molecule has 0 unspecified atom stereocenters. The number of hydrogen-bond donors (Lipinski definition) is 3. The number of benzene rings is 1. The number of morpholine rings is 1. The number of hydrogen-bond acceptors (Lipinski definition) is 10. The van der Waals surface area contributed by atoms with E-state index in [9.17, 15) is 9.90 Å². The van der Waals surface area contributed by atoms with E-state index in [4.69, 9.17) is 20.4 Å². The predicted molar refractivity (Wildman–Crippen MR) is 136 cm³/mol. The number of rotatable bonds is 5. The Bertz CT molecular complexity index is 1380. The summed E-state index contributed by atoms with van der Waals surface area (Å²) in [6.07, 6.45) is 2.17. The molecule has 11 heteroatoms. The van der Waals surface area contributed by atoms with E-state index in [2.05, 4.69) is 20.2 Å². The fourth-order valence-electron chi connectivity index (χ4n) is 3.91. The average Bonchev–Trinajstić information content (AvgIpc) is 3.21. The molecule has 5 rings (SSSR count). The number of fused-ring (bicyclic) bond motifs is 1. The molecule has 1 aliphatic heterocycles. The summed E-state index contributed by atoms with van der Waals surface area (Å²) < 4.78 is 6.54. The van der Waals surface area contributed by atoms with Gasteiger partial charge in [-0.25, -0.2) is 19.9 Å². The van der Waals surface area contributed by atoms with Crippen LogP contribution in [0.2, 0.25) is 0 Å². The molecule has 1 aliphatic rings. The van der Waals surface area contributed by atoms with Gasteiger partial charge in [0.05, 0.1) is 29.0 Å². The molecule has 0 aliphatic carbocycles. The number of aliphatic hydroxyl groups is 1. The molecule has 0 radical (unpaired) electrons. The number of aryl methyl sites for hydroxylation is 1. The fraction of sp³-hybridized carbons (Fsp3) is 0.292. The highest BCUT2D eigenvalue weighted by Gasteiger charge is 2.23. The van der Waals surface area contributed by atoms with Gasteiger partial charge in [0.1, 0.15) is 6.10 Å². The lowest BCUT2D eigenvalue weighted by atomic mass is 10.1. The summed E-state index contributed by atoms with van der Waals surface area (Å²) in [6.45, 7) is 6.20. The van der Waals surface area contributed by atoms with Gasteiger partial charge in [-0.2, -0.15) is 0 Å². The van der Waals surface area contributed by atoms with Gasteiger partial charge in [-0.1, -0.05) is 12.1 Å². The van der Waals surface area contributed by atoms with Crippen molar-refractivity contribution >= 4 is 44.9 Å². The Balaban J connectivity index is 1.64. The zero-order valence-corrected chi connectivity index (χ0v) is 20.2. The SMILES string of the molecule is Cc1c(-c2cccc(NC(=O)[C@H](C)O)c2)sc2c(N3CCOCC3)nc(-c3cnc(N)nc3)nc12. The Kier molecular flexibility index (Phi) is 6.29. The van der Waals surface area contributed by atoms with Crippen molar-refractivity contribution in [3.63, 3.8) is 0 Å². The predicted octanol–water partition coefficient (Wildman–Crippen LogP) is 2.86. The first-order chi connectivity index (χ1) is 16.9. The lowest BCUT2D eigenvalue weighted by Crippen LogP contribution is -2.36. The second-order valence-electron chi connectivity index (χ2n) is 8.28. The molecule has 0 spiro atoms. The molecule has 180 valence electrons. The summed E-state index contributed by atoms with van der Waals surface area (Å²) in [5, 5.41) is 12.3. The van der Waals surface area contributed by atoms with Gasteiger partial charge in [0.15, 0.2) is 11.6 Å². The zero-order chi connectivity index (χ0) is 24.5. The van der Waals surface area contributed by atoms with E-state index < -0.39 is 12.0 Å². The van der Waals surface area contributed by atoms with Crippen molar-refractivity contribution in [1.29, 1.82) is 0 Å². The van der Waals surface area contributed by atoms with E-state index in [-0.39, 0.29) is 5.95 Å². The fourth-order valence-corrected chi connectivity index (χ4v) is 5.17. The number of nitrogens with two attached hydrogens (primary N) is 1. The molecule has 10 nitrogen and oxygen atoms in total. The summed E-state index contributed by atoms with van der Waals surface area (Å²) in [5.74, 6) is 1.12. The van der Waals surface area contributed by atoms with Crippen molar-refractivity contribution in [2.45, 2.75) is 20.0 Å². The maximum absolute atomic E-state index is 12.0. The number of thiophene rings is 1. The number of anilines is 3. The summed E-state index contributed by atoms with van der Waals surface area (Å²) in [6, 6.07) is 7.56. The van der Waals surface area contributed by atoms with Gasteiger partial charge in [0.2, 0.25) is 5.95 Å². The molecular formula is C24H25N7O3S. The number of ether oxygens (including phenoxy) is 1. The number of nitrogens with zero attached hydrogens (tertiary/aromatic N) is 5. The quantitative estimate of drug-likeness (QED) is 0.384. The molecule has 1 atom stereocenters. The van der Waals surface area contributed by atoms with Crippen molar-refractivity contribution < 1.29 is 14.6 Å². The van der Waals surface area contributed by atoms with Crippen LogP contribution in [0.5, 0.6) is 0 Å². The maximum atomic E-state index is 12.0. The lowest BCUT2D eigenvalue weighted by molar-refractivity contribution is -0.123. The van der Waals surface area contributed by atoms with Gasteiger partial charge < -0.3 is 25.8 Å². The number of carbonyl (C=O) groups excluding carboxylic acids is 1. The highest BCUT2D eigenvalue weighted by molar-refractivity contribution is 7.23. The number of aliphatic hydroxyl groups excluding tert-OH is 1. The zero-order valence-electron chi connectivity index (χ0n) is 19.4. The van der Waals surface area contributed by atoms with Crippen LogP contribution in [0, 0.1) is 6.92 Å². The molecule has 1 fully saturated rings. The van der Waals surface area contributed by atoms with Crippen molar-refractivity contribution in [2.24, 2.45) is 0 Å². The monoisotopic (exact) mass is 491 g/mol. The molecule has 35 heavy (non-hydrogen) atoms. The lowest BCUT2D eigenvalue weighted by Gasteiger charge is -2.28. The van der Waals surface area contributed by atoms with Crippen molar-refractivity contribution in [2.75, 3.05) is 42.3 Å². The van der Waals surface area contributed by atoms with E-state index in [1.54, 1.807) is 29.8 Å². The molecule has 0 bridgehead atoms. The normalized spacial score (nSPS) is 14.8. The average molecular weight is 492 g/mol. The van der Waals surface area contributed by atoms with Crippen LogP contribution in [0.1, 0.15) is 12.5 Å². The molecular weight excluding hydrogens is 466 g/mol. The number of nitrogens with one attached hydrogen (secondary N) is 1. The van der Waals surface area contributed by atoms with Crippen LogP contribution in [0.15, 0.2) is 36.7 Å². The van der Waals surface area contributed by atoms with Crippen molar-refractivity contribution in [3.05, 3.63) is 42.2 Å². The second kappa shape index (κ2) is 9.53. The Morgan fingerprint density at radius 1 is 1.20 bits per heavy atom. The van der Waals surface area contributed by atoms with Gasteiger partial charge in [-0.15, -0.1) is 11.3 Å².